The minimum Gasteiger partial charge on any atom is -0.497 e. The predicted molar refractivity (Wildman–Crippen MR) is 100 cm³/mol. The van der Waals surface area contributed by atoms with Gasteiger partial charge in [-0.15, -0.1) is 0 Å². The highest BCUT2D eigenvalue weighted by Gasteiger charge is 2.11. The van der Waals surface area contributed by atoms with Gasteiger partial charge in [0, 0.05) is 23.6 Å². The van der Waals surface area contributed by atoms with Gasteiger partial charge in [0.25, 0.3) is 0 Å². The lowest BCUT2D eigenvalue weighted by atomic mass is 10.1. The van der Waals surface area contributed by atoms with Crippen LogP contribution in [0.4, 0.5) is 0 Å². The third-order valence-electron chi connectivity index (χ3n) is 4.19. The standard InChI is InChI=1S/C19H22N2O3S/c1-24-17-7-8-19-18(13-17)16(14-20-19)9-11-21-25(22,23)12-10-15-5-3-2-4-6-15/h2-8,13-14,20-21H,9-12H2,1H3. The summed E-state index contributed by atoms with van der Waals surface area (Å²) in [5, 5.41) is 1.06. The van der Waals surface area contributed by atoms with E-state index in [1.807, 2.05) is 54.7 Å². The van der Waals surface area contributed by atoms with Crippen LogP contribution in [0.2, 0.25) is 0 Å². The molecule has 1 heterocycles. The van der Waals surface area contributed by atoms with Gasteiger partial charge in [0.2, 0.25) is 10.0 Å². The molecule has 0 bridgehead atoms. The maximum Gasteiger partial charge on any atom is 0.211 e. The lowest BCUT2D eigenvalue weighted by molar-refractivity contribution is 0.415. The summed E-state index contributed by atoms with van der Waals surface area (Å²) >= 11 is 0. The number of ether oxygens (including phenoxy) is 1. The summed E-state index contributed by atoms with van der Waals surface area (Å²) in [6.45, 7) is 0.376. The number of rotatable bonds is 8. The zero-order valence-electron chi connectivity index (χ0n) is 14.2. The number of hydrogen-bond donors (Lipinski definition) is 2. The molecule has 5 nitrogen and oxygen atoms in total. The Kier molecular flexibility index (Phi) is 5.40. The second-order valence-electron chi connectivity index (χ2n) is 5.92. The highest BCUT2D eigenvalue weighted by molar-refractivity contribution is 7.89. The van der Waals surface area contributed by atoms with Crippen LogP contribution >= 0.6 is 0 Å². The summed E-state index contributed by atoms with van der Waals surface area (Å²) in [7, 11) is -1.65. The second kappa shape index (κ2) is 7.72. The normalized spacial score (nSPS) is 11.7. The number of methoxy groups -OCH3 is 1. The largest absolute Gasteiger partial charge is 0.497 e. The van der Waals surface area contributed by atoms with Crippen molar-refractivity contribution in [1.82, 2.24) is 9.71 Å². The van der Waals surface area contributed by atoms with Gasteiger partial charge in [0.05, 0.1) is 12.9 Å². The summed E-state index contributed by atoms with van der Waals surface area (Å²) in [6.07, 6.45) is 3.06. The van der Waals surface area contributed by atoms with Crippen molar-refractivity contribution in [3.63, 3.8) is 0 Å². The van der Waals surface area contributed by atoms with E-state index in [1.54, 1.807) is 7.11 Å². The lowest BCUT2D eigenvalue weighted by Gasteiger charge is -2.07. The fraction of sp³-hybridized carbons (Fsp3) is 0.263. The van der Waals surface area contributed by atoms with Gasteiger partial charge in [0.15, 0.2) is 0 Å². The van der Waals surface area contributed by atoms with Crippen molar-refractivity contribution in [1.29, 1.82) is 0 Å². The van der Waals surface area contributed by atoms with Crippen LogP contribution in [0.3, 0.4) is 0 Å². The van der Waals surface area contributed by atoms with E-state index in [-0.39, 0.29) is 5.75 Å². The molecule has 2 aromatic carbocycles. The van der Waals surface area contributed by atoms with Crippen LogP contribution in [0.15, 0.2) is 54.7 Å². The maximum atomic E-state index is 12.2. The third-order valence-corrected chi connectivity index (χ3v) is 5.58. The lowest BCUT2D eigenvalue weighted by Crippen LogP contribution is -2.29. The molecule has 0 aliphatic carbocycles. The second-order valence-corrected chi connectivity index (χ2v) is 7.85. The van der Waals surface area contributed by atoms with Gasteiger partial charge in [0.1, 0.15) is 5.75 Å². The van der Waals surface area contributed by atoms with E-state index >= 15 is 0 Å². The molecule has 0 radical (unpaired) electrons. The number of hydrogen-bond acceptors (Lipinski definition) is 3. The molecule has 0 atom stereocenters. The monoisotopic (exact) mass is 358 g/mol. The van der Waals surface area contributed by atoms with Gasteiger partial charge in [-0.1, -0.05) is 30.3 Å². The summed E-state index contributed by atoms with van der Waals surface area (Å²) in [6, 6.07) is 15.5. The Balaban J connectivity index is 1.57. The van der Waals surface area contributed by atoms with Gasteiger partial charge in [-0.3, -0.25) is 0 Å². The van der Waals surface area contributed by atoms with Crippen molar-refractivity contribution in [3.8, 4) is 5.75 Å². The number of aryl methyl sites for hydroxylation is 1. The Morgan fingerprint density at radius 1 is 1.08 bits per heavy atom. The van der Waals surface area contributed by atoms with E-state index in [0.717, 1.165) is 27.8 Å². The molecule has 0 aliphatic rings. The molecule has 3 rings (SSSR count). The fourth-order valence-electron chi connectivity index (χ4n) is 2.80. The van der Waals surface area contributed by atoms with Crippen LogP contribution in [0.5, 0.6) is 5.75 Å². The average molecular weight is 358 g/mol. The molecule has 0 saturated heterocycles. The number of nitrogens with one attached hydrogen (secondary N) is 2. The van der Waals surface area contributed by atoms with Gasteiger partial charge in [-0.25, -0.2) is 13.1 Å². The molecule has 0 saturated carbocycles. The topological polar surface area (TPSA) is 71.2 Å². The van der Waals surface area contributed by atoms with Crippen LogP contribution < -0.4 is 9.46 Å². The molecule has 0 aliphatic heterocycles. The van der Waals surface area contributed by atoms with Crippen molar-refractivity contribution in [2.45, 2.75) is 12.8 Å². The van der Waals surface area contributed by atoms with Gasteiger partial charge < -0.3 is 9.72 Å². The molecule has 0 amide bonds. The van der Waals surface area contributed by atoms with E-state index in [4.69, 9.17) is 4.74 Å². The molecule has 1 aromatic heterocycles. The van der Waals surface area contributed by atoms with Crippen LogP contribution in [-0.2, 0) is 22.9 Å². The van der Waals surface area contributed by atoms with E-state index in [0.29, 0.717) is 19.4 Å². The number of aromatic nitrogens is 1. The molecular formula is C19H22N2O3S. The van der Waals surface area contributed by atoms with Crippen LogP contribution in [0, 0.1) is 0 Å². The van der Waals surface area contributed by atoms with Crippen molar-refractivity contribution < 1.29 is 13.2 Å². The van der Waals surface area contributed by atoms with Crippen molar-refractivity contribution in [3.05, 3.63) is 65.9 Å². The molecule has 0 unspecified atom stereocenters. The van der Waals surface area contributed by atoms with Crippen molar-refractivity contribution in [2.24, 2.45) is 0 Å². The highest BCUT2D eigenvalue weighted by atomic mass is 32.2. The molecule has 25 heavy (non-hydrogen) atoms. The summed E-state index contributed by atoms with van der Waals surface area (Å²) in [5.41, 5.74) is 3.11. The number of sulfonamides is 1. The Morgan fingerprint density at radius 2 is 1.88 bits per heavy atom. The molecule has 2 N–H and O–H groups in total. The van der Waals surface area contributed by atoms with Crippen molar-refractivity contribution >= 4 is 20.9 Å². The Hall–Kier alpha value is -2.31. The number of benzene rings is 2. The van der Waals surface area contributed by atoms with Crippen LogP contribution in [0.25, 0.3) is 10.9 Å². The smallest absolute Gasteiger partial charge is 0.211 e. The van der Waals surface area contributed by atoms with Crippen LogP contribution in [0.1, 0.15) is 11.1 Å². The Labute approximate surface area is 148 Å². The summed E-state index contributed by atoms with van der Waals surface area (Å²) in [4.78, 5) is 3.20. The molecular weight excluding hydrogens is 336 g/mol. The fourth-order valence-corrected chi connectivity index (χ4v) is 3.86. The zero-order chi connectivity index (χ0) is 17.7. The first-order chi connectivity index (χ1) is 12.1. The van der Waals surface area contributed by atoms with Gasteiger partial charge in [-0.2, -0.15) is 0 Å². The van der Waals surface area contributed by atoms with Gasteiger partial charge in [-0.05, 0) is 42.2 Å². The third kappa shape index (κ3) is 4.61. The van der Waals surface area contributed by atoms with Crippen molar-refractivity contribution in [2.75, 3.05) is 19.4 Å². The Bertz CT molecular complexity index is 934. The van der Waals surface area contributed by atoms with E-state index in [9.17, 15) is 8.42 Å². The van der Waals surface area contributed by atoms with E-state index < -0.39 is 10.0 Å². The summed E-state index contributed by atoms with van der Waals surface area (Å²) in [5.74, 6) is 0.885. The molecule has 0 spiro atoms. The van der Waals surface area contributed by atoms with Crippen LogP contribution in [-0.4, -0.2) is 32.8 Å². The number of H-pyrrole nitrogens is 1. The first kappa shape index (κ1) is 17.5. The van der Waals surface area contributed by atoms with E-state index in [2.05, 4.69) is 9.71 Å². The highest BCUT2D eigenvalue weighted by Crippen LogP contribution is 2.23. The molecule has 0 fully saturated rings. The van der Waals surface area contributed by atoms with Gasteiger partial charge >= 0.3 is 0 Å². The first-order valence-electron chi connectivity index (χ1n) is 8.23. The molecule has 6 heteroatoms. The minimum atomic E-state index is -3.28. The maximum absolute atomic E-state index is 12.2. The molecule has 3 aromatic rings. The zero-order valence-corrected chi connectivity index (χ0v) is 15.0. The number of aromatic amines is 1. The Morgan fingerprint density at radius 3 is 2.64 bits per heavy atom. The quantitative estimate of drug-likeness (QED) is 0.650. The SMILES string of the molecule is COc1ccc2[nH]cc(CCNS(=O)(=O)CCc3ccccc3)c2c1. The average Bonchev–Trinajstić information content (AvgIpc) is 3.03. The first-order valence-corrected chi connectivity index (χ1v) is 9.88. The van der Waals surface area contributed by atoms with E-state index in [1.165, 1.54) is 0 Å². The predicted octanol–water partition coefficient (Wildman–Crippen LogP) is 2.88. The number of fused-ring (bicyclic) bond motifs is 1. The minimum absolute atomic E-state index is 0.0960. The summed E-state index contributed by atoms with van der Waals surface area (Å²) < 4.78 is 32.3. The molecule has 132 valence electrons.